The van der Waals surface area contributed by atoms with Gasteiger partial charge in [-0.2, -0.15) is 0 Å². The highest BCUT2D eigenvalue weighted by Gasteiger charge is 2.44. The van der Waals surface area contributed by atoms with E-state index >= 15 is 0 Å². The predicted molar refractivity (Wildman–Crippen MR) is 113 cm³/mol. The van der Waals surface area contributed by atoms with Crippen LogP contribution >= 0.6 is 0 Å². The van der Waals surface area contributed by atoms with E-state index in [1.807, 2.05) is 50.2 Å². The third-order valence-corrected chi connectivity index (χ3v) is 4.76. The molecule has 1 aliphatic heterocycles. The Labute approximate surface area is 183 Å². The molecule has 31 heavy (non-hydrogen) atoms. The summed E-state index contributed by atoms with van der Waals surface area (Å²) in [6.07, 6.45) is -1.46. The first-order valence-corrected chi connectivity index (χ1v) is 10.3. The fourth-order valence-corrected chi connectivity index (χ4v) is 3.43. The molecule has 0 aromatic heterocycles. The number of methoxy groups -OCH3 is 1. The second kappa shape index (κ2) is 11.4. The molecule has 1 aliphatic rings. The maximum atomic E-state index is 12.4. The number of esters is 1. The van der Waals surface area contributed by atoms with E-state index in [0.29, 0.717) is 12.2 Å². The van der Waals surface area contributed by atoms with Gasteiger partial charge in [0.15, 0.2) is 5.79 Å². The van der Waals surface area contributed by atoms with Gasteiger partial charge in [-0.3, -0.25) is 0 Å². The zero-order chi connectivity index (χ0) is 22.1. The van der Waals surface area contributed by atoms with E-state index in [1.54, 1.807) is 31.4 Å². The second-order valence-corrected chi connectivity index (χ2v) is 7.72. The monoisotopic (exact) mass is 430 g/mol. The summed E-state index contributed by atoms with van der Waals surface area (Å²) in [6, 6.07) is 18.7. The molecule has 0 amide bonds. The first-order valence-electron chi connectivity index (χ1n) is 10.3. The summed E-state index contributed by atoms with van der Waals surface area (Å²) in [6.45, 7) is 4.41. The van der Waals surface area contributed by atoms with Crippen molar-refractivity contribution in [3.8, 4) is 0 Å². The van der Waals surface area contributed by atoms with E-state index in [4.69, 9.17) is 28.4 Å². The number of carbonyl (C=O) groups is 1. The average molecular weight is 430 g/mol. The molecule has 0 N–H and O–H groups in total. The van der Waals surface area contributed by atoms with Crippen LogP contribution in [0.1, 0.15) is 29.8 Å². The SMILES string of the molecule is COCOC[C@@H]1OC(C)(C)O[C@H](COC(=O)c2ccccc2)[C@@H]1OCc1ccccc1. The molecule has 1 heterocycles. The van der Waals surface area contributed by atoms with E-state index in [2.05, 4.69) is 0 Å². The lowest BCUT2D eigenvalue weighted by molar-refractivity contribution is -0.349. The van der Waals surface area contributed by atoms with Gasteiger partial charge in [-0.15, -0.1) is 0 Å². The first kappa shape index (κ1) is 23.4. The quantitative estimate of drug-likeness (QED) is 0.324. The Morgan fingerprint density at radius 3 is 2.19 bits per heavy atom. The van der Waals surface area contributed by atoms with E-state index in [-0.39, 0.29) is 20.0 Å². The molecular formula is C24H30O7. The van der Waals surface area contributed by atoms with Crippen LogP contribution in [0.25, 0.3) is 0 Å². The molecule has 0 unspecified atom stereocenters. The number of hydrogen-bond donors (Lipinski definition) is 0. The summed E-state index contributed by atoms with van der Waals surface area (Å²) in [4.78, 5) is 12.4. The van der Waals surface area contributed by atoms with Gasteiger partial charge in [-0.25, -0.2) is 4.79 Å². The molecule has 7 heteroatoms. The standard InChI is InChI=1S/C24H30O7/c1-24(2)30-20(15-27-17-26-3)22(28-14-18-10-6-4-7-11-18)21(31-24)16-29-23(25)19-12-8-5-9-13-19/h4-13,20-22H,14-17H2,1-3H3/t20-,21+,22+/m0/s1. The van der Waals surface area contributed by atoms with Gasteiger partial charge in [0.05, 0.1) is 18.8 Å². The van der Waals surface area contributed by atoms with Crippen LogP contribution in [0.2, 0.25) is 0 Å². The smallest absolute Gasteiger partial charge is 0.338 e. The molecule has 0 spiro atoms. The number of carbonyl (C=O) groups excluding carboxylic acids is 1. The molecule has 3 rings (SSSR count). The topological polar surface area (TPSA) is 72.5 Å². The van der Waals surface area contributed by atoms with Crippen LogP contribution in [0.15, 0.2) is 60.7 Å². The highest BCUT2D eigenvalue weighted by atomic mass is 16.7. The van der Waals surface area contributed by atoms with Crippen LogP contribution < -0.4 is 0 Å². The molecule has 2 aromatic carbocycles. The summed E-state index contributed by atoms with van der Waals surface area (Å²) in [5.41, 5.74) is 1.50. The van der Waals surface area contributed by atoms with Crippen molar-refractivity contribution >= 4 is 5.97 Å². The summed E-state index contributed by atoms with van der Waals surface area (Å²) < 4.78 is 34.4. The first-order chi connectivity index (χ1) is 15.0. The zero-order valence-electron chi connectivity index (χ0n) is 18.2. The van der Waals surface area contributed by atoms with Crippen LogP contribution in [-0.4, -0.2) is 57.2 Å². The van der Waals surface area contributed by atoms with E-state index in [0.717, 1.165) is 5.56 Å². The number of hydrogen-bond acceptors (Lipinski definition) is 7. The van der Waals surface area contributed by atoms with Crippen molar-refractivity contribution in [1.29, 1.82) is 0 Å². The number of ether oxygens (including phenoxy) is 6. The predicted octanol–water partition coefficient (Wildman–Crippen LogP) is 3.57. The van der Waals surface area contributed by atoms with Crippen molar-refractivity contribution in [2.24, 2.45) is 0 Å². The van der Waals surface area contributed by atoms with E-state index in [1.165, 1.54) is 0 Å². The normalized spacial score (nSPS) is 22.7. The van der Waals surface area contributed by atoms with Crippen molar-refractivity contribution in [2.45, 2.75) is 44.6 Å². The molecule has 0 bridgehead atoms. The van der Waals surface area contributed by atoms with Gasteiger partial charge < -0.3 is 28.4 Å². The molecule has 7 nitrogen and oxygen atoms in total. The molecule has 168 valence electrons. The molecule has 0 saturated carbocycles. The Morgan fingerprint density at radius 2 is 1.55 bits per heavy atom. The molecule has 2 aromatic rings. The Hall–Kier alpha value is -2.29. The fourth-order valence-electron chi connectivity index (χ4n) is 3.43. The minimum Gasteiger partial charge on any atom is -0.459 e. The minimum atomic E-state index is -0.891. The average Bonchev–Trinajstić information content (AvgIpc) is 2.77. The zero-order valence-corrected chi connectivity index (χ0v) is 18.2. The van der Waals surface area contributed by atoms with Gasteiger partial charge >= 0.3 is 5.97 Å². The van der Waals surface area contributed by atoms with Crippen molar-refractivity contribution in [2.75, 3.05) is 27.1 Å². The molecule has 1 saturated heterocycles. The maximum absolute atomic E-state index is 12.4. The highest BCUT2D eigenvalue weighted by Crippen LogP contribution is 2.30. The van der Waals surface area contributed by atoms with Crippen LogP contribution in [0.3, 0.4) is 0 Å². The van der Waals surface area contributed by atoms with Crippen LogP contribution in [0, 0.1) is 0 Å². The van der Waals surface area contributed by atoms with Gasteiger partial charge in [-0.1, -0.05) is 48.5 Å². The highest BCUT2D eigenvalue weighted by molar-refractivity contribution is 5.89. The Bertz CT molecular complexity index is 794. The minimum absolute atomic E-state index is 0.0285. The Balaban J connectivity index is 1.71. The molecule has 3 atom stereocenters. The third-order valence-electron chi connectivity index (χ3n) is 4.76. The number of benzene rings is 2. The summed E-state index contributed by atoms with van der Waals surface area (Å²) >= 11 is 0. The van der Waals surface area contributed by atoms with Gasteiger partial charge in [0, 0.05) is 7.11 Å². The Kier molecular flexibility index (Phi) is 8.57. The van der Waals surface area contributed by atoms with Gasteiger partial charge in [-0.05, 0) is 31.5 Å². The summed E-state index contributed by atoms with van der Waals surface area (Å²) in [5, 5.41) is 0. The lowest BCUT2D eigenvalue weighted by Gasteiger charge is -2.45. The lowest BCUT2D eigenvalue weighted by atomic mass is 10.0. The van der Waals surface area contributed by atoms with Gasteiger partial charge in [0.2, 0.25) is 0 Å². The lowest BCUT2D eigenvalue weighted by Crippen LogP contribution is -2.58. The molecule has 0 aliphatic carbocycles. The van der Waals surface area contributed by atoms with Crippen molar-refractivity contribution < 1.29 is 33.2 Å². The second-order valence-electron chi connectivity index (χ2n) is 7.72. The van der Waals surface area contributed by atoms with Crippen LogP contribution in [0.4, 0.5) is 0 Å². The van der Waals surface area contributed by atoms with Crippen LogP contribution in [-0.2, 0) is 35.0 Å². The molecule has 0 radical (unpaired) electrons. The summed E-state index contributed by atoms with van der Waals surface area (Å²) in [5.74, 6) is -1.31. The van der Waals surface area contributed by atoms with E-state index < -0.39 is 30.1 Å². The maximum Gasteiger partial charge on any atom is 0.338 e. The van der Waals surface area contributed by atoms with Gasteiger partial charge in [0.25, 0.3) is 0 Å². The molecular weight excluding hydrogens is 400 g/mol. The van der Waals surface area contributed by atoms with Gasteiger partial charge in [0.1, 0.15) is 31.7 Å². The van der Waals surface area contributed by atoms with Crippen LogP contribution in [0.5, 0.6) is 0 Å². The fraction of sp³-hybridized carbons (Fsp3) is 0.458. The number of rotatable bonds is 10. The van der Waals surface area contributed by atoms with Crippen molar-refractivity contribution in [3.63, 3.8) is 0 Å². The third kappa shape index (κ3) is 7.12. The Morgan fingerprint density at radius 1 is 0.935 bits per heavy atom. The van der Waals surface area contributed by atoms with Crippen molar-refractivity contribution in [3.05, 3.63) is 71.8 Å². The largest absolute Gasteiger partial charge is 0.459 e. The summed E-state index contributed by atoms with van der Waals surface area (Å²) in [7, 11) is 1.56. The van der Waals surface area contributed by atoms with E-state index in [9.17, 15) is 4.79 Å². The molecule has 1 fully saturated rings. The van der Waals surface area contributed by atoms with Crippen molar-refractivity contribution in [1.82, 2.24) is 0 Å².